The molecule has 0 saturated carbocycles. The molecular weight excluding hydrogens is 257 g/mol. The zero-order valence-electron chi connectivity index (χ0n) is 12.7. The van der Waals surface area contributed by atoms with E-state index in [1.165, 1.54) is 6.07 Å². The Morgan fingerprint density at radius 3 is 2.40 bits per heavy atom. The molecule has 1 aromatic carbocycles. The topological polar surface area (TPSA) is 49.3 Å². The second-order valence-electron chi connectivity index (χ2n) is 3.95. The minimum atomic E-state index is -0.198. The number of benzene rings is 1. The number of halogens is 1. The van der Waals surface area contributed by atoms with Crippen LogP contribution < -0.4 is 5.32 Å². The molecular formula is C16H24FNO2. The average Bonchev–Trinajstić information content (AvgIpc) is 2.48. The van der Waals surface area contributed by atoms with Gasteiger partial charge in [-0.3, -0.25) is 4.79 Å². The molecule has 0 radical (unpaired) electrons. The Balaban J connectivity index is 0.000000829. The second-order valence-corrected chi connectivity index (χ2v) is 3.95. The van der Waals surface area contributed by atoms with Crippen molar-refractivity contribution in [3.8, 4) is 0 Å². The van der Waals surface area contributed by atoms with Crippen molar-refractivity contribution in [3.63, 3.8) is 0 Å². The van der Waals surface area contributed by atoms with Crippen LogP contribution in [0, 0.1) is 5.82 Å². The molecule has 0 atom stereocenters. The maximum Gasteiger partial charge on any atom is 0.163 e. The van der Waals surface area contributed by atoms with Gasteiger partial charge in [-0.15, -0.1) is 0 Å². The third kappa shape index (κ3) is 5.53. The monoisotopic (exact) mass is 281 g/mol. The summed E-state index contributed by atoms with van der Waals surface area (Å²) < 4.78 is 13.4. The Hall–Kier alpha value is -1.68. The van der Waals surface area contributed by atoms with Crippen LogP contribution in [0.2, 0.25) is 0 Å². The highest BCUT2D eigenvalue weighted by Crippen LogP contribution is 2.15. The summed E-state index contributed by atoms with van der Waals surface area (Å²) in [7, 11) is 1.00. The van der Waals surface area contributed by atoms with Crippen molar-refractivity contribution >= 4 is 5.78 Å². The number of aliphatic hydroxyl groups excluding tert-OH is 1. The maximum absolute atomic E-state index is 13.4. The Labute approximate surface area is 120 Å². The van der Waals surface area contributed by atoms with Gasteiger partial charge in [-0.25, -0.2) is 4.39 Å². The number of hydrogen-bond donors (Lipinski definition) is 2. The summed E-state index contributed by atoms with van der Waals surface area (Å²) in [5.41, 5.74) is 2.67. The van der Waals surface area contributed by atoms with Gasteiger partial charge in [0.1, 0.15) is 5.82 Å². The molecule has 1 aromatic rings. The lowest BCUT2D eigenvalue weighted by atomic mass is 10.0. The Morgan fingerprint density at radius 1 is 1.30 bits per heavy atom. The van der Waals surface area contributed by atoms with Crippen LogP contribution in [0.3, 0.4) is 0 Å². The van der Waals surface area contributed by atoms with E-state index < -0.39 is 0 Å². The zero-order chi connectivity index (χ0) is 15.5. The number of carbonyl (C=O) groups is 1. The van der Waals surface area contributed by atoms with E-state index in [1.54, 1.807) is 12.1 Å². The van der Waals surface area contributed by atoms with E-state index in [9.17, 15) is 9.18 Å². The fraction of sp³-hybridized carbons (Fsp3) is 0.438. The summed E-state index contributed by atoms with van der Waals surface area (Å²) in [5.74, 6) is -0.0683. The minimum absolute atomic E-state index is 0.130. The molecule has 0 spiro atoms. The van der Waals surface area contributed by atoms with Gasteiger partial charge in [-0.1, -0.05) is 32.9 Å². The number of aliphatic hydroxyl groups is 1. The molecule has 2 N–H and O–H groups in total. The van der Waals surface area contributed by atoms with Gasteiger partial charge in [0, 0.05) is 31.0 Å². The second kappa shape index (κ2) is 10.1. The number of nitrogens with one attached hydrogen (secondary N) is 1. The Bertz CT molecular complexity index is 456. The summed E-state index contributed by atoms with van der Waals surface area (Å²) in [6, 6.07) is 5.16. The van der Waals surface area contributed by atoms with E-state index >= 15 is 0 Å². The summed E-state index contributed by atoms with van der Waals surface area (Å²) in [5, 5.41) is 10.1. The van der Waals surface area contributed by atoms with Crippen molar-refractivity contribution in [2.45, 2.75) is 40.2 Å². The smallest absolute Gasteiger partial charge is 0.163 e. The standard InChI is InChI=1S/C13H14FNO.C2H6.CH4O/c1-2-9-3-4-13(14)10(5-9)8-15-11-6-12(16)7-11;2*1-2/h3-6,15H,2,7-8H2,1H3;1-2H3;2H,1H3. The van der Waals surface area contributed by atoms with Crippen LogP contribution in [0.1, 0.15) is 38.3 Å². The number of hydrogen-bond acceptors (Lipinski definition) is 3. The molecule has 20 heavy (non-hydrogen) atoms. The van der Waals surface area contributed by atoms with Gasteiger partial charge in [-0.05, 0) is 18.1 Å². The van der Waals surface area contributed by atoms with E-state index in [1.807, 2.05) is 26.8 Å². The van der Waals surface area contributed by atoms with Crippen LogP contribution in [0.5, 0.6) is 0 Å². The lowest BCUT2D eigenvalue weighted by molar-refractivity contribution is -0.115. The van der Waals surface area contributed by atoms with Crippen molar-refractivity contribution in [1.29, 1.82) is 0 Å². The quantitative estimate of drug-likeness (QED) is 0.892. The van der Waals surface area contributed by atoms with Crippen molar-refractivity contribution in [3.05, 3.63) is 46.9 Å². The van der Waals surface area contributed by atoms with Gasteiger partial charge in [0.2, 0.25) is 0 Å². The molecule has 0 saturated heterocycles. The van der Waals surface area contributed by atoms with Crippen molar-refractivity contribution in [2.75, 3.05) is 7.11 Å². The molecule has 1 aliphatic carbocycles. The largest absolute Gasteiger partial charge is 0.400 e. The molecule has 2 rings (SSSR count). The number of allylic oxidation sites excluding steroid dienone is 2. The van der Waals surface area contributed by atoms with E-state index in [0.717, 1.165) is 24.8 Å². The van der Waals surface area contributed by atoms with Crippen LogP contribution in [0.25, 0.3) is 0 Å². The van der Waals surface area contributed by atoms with E-state index in [-0.39, 0.29) is 11.6 Å². The molecule has 0 unspecified atom stereocenters. The molecule has 0 bridgehead atoms. The summed E-state index contributed by atoms with van der Waals surface area (Å²) in [6.45, 7) is 6.48. The van der Waals surface area contributed by atoms with Crippen LogP contribution in [0.4, 0.5) is 4.39 Å². The lowest BCUT2D eigenvalue weighted by Gasteiger charge is -2.16. The molecule has 1 aliphatic rings. The van der Waals surface area contributed by atoms with Gasteiger partial charge < -0.3 is 10.4 Å². The Morgan fingerprint density at radius 2 is 1.90 bits per heavy atom. The van der Waals surface area contributed by atoms with Gasteiger partial charge >= 0.3 is 0 Å². The first-order valence-corrected chi connectivity index (χ1v) is 6.88. The molecule has 112 valence electrons. The highest BCUT2D eigenvalue weighted by atomic mass is 19.1. The van der Waals surface area contributed by atoms with E-state index in [2.05, 4.69) is 5.32 Å². The molecule has 0 amide bonds. The van der Waals surface area contributed by atoms with Gasteiger partial charge in [-0.2, -0.15) is 0 Å². The summed E-state index contributed by atoms with van der Waals surface area (Å²) >= 11 is 0. The highest BCUT2D eigenvalue weighted by molar-refractivity contribution is 5.98. The Kier molecular flexibility index (Phi) is 9.30. The van der Waals surface area contributed by atoms with Crippen LogP contribution in [-0.2, 0) is 17.8 Å². The lowest BCUT2D eigenvalue weighted by Crippen LogP contribution is -2.23. The van der Waals surface area contributed by atoms with Gasteiger partial charge in [0.15, 0.2) is 5.78 Å². The van der Waals surface area contributed by atoms with Crippen LogP contribution in [0.15, 0.2) is 30.0 Å². The zero-order valence-corrected chi connectivity index (χ0v) is 12.7. The highest BCUT2D eigenvalue weighted by Gasteiger charge is 2.14. The predicted octanol–water partition coefficient (Wildman–Crippen LogP) is 2.97. The summed E-state index contributed by atoms with van der Waals surface area (Å²) in [6.07, 6.45) is 2.91. The van der Waals surface area contributed by atoms with Crippen molar-refractivity contribution in [1.82, 2.24) is 5.32 Å². The van der Waals surface area contributed by atoms with Crippen molar-refractivity contribution < 1.29 is 14.3 Å². The third-order valence-electron chi connectivity index (χ3n) is 2.72. The van der Waals surface area contributed by atoms with E-state index in [4.69, 9.17) is 5.11 Å². The molecule has 0 aromatic heterocycles. The molecule has 3 nitrogen and oxygen atoms in total. The number of carbonyl (C=O) groups excluding carboxylic acids is 1. The molecule has 0 aliphatic heterocycles. The van der Waals surface area contributed by atoms with Gasteiger partial charge in [0.25, 0.3) is 0 Å². The fourth-order valence-corrected chi connectivity index (χ4v) is 1.66. The summed E-state index contributed by atoms with van der Waals surface area (Å²) in [4.78, 5) is 10.7. The molecule has 4 heteroatoms. The maximum atomic E-state index is 13.4. The third-order valence-corrected chi connectivity index (χ3v) is 2.72. The molecule has 0 heterocycles. The number of ketones is 1. The first-order valence-electron chi connectivity index (χ1n) is 6.88. The number of rotatable bonds is 4. The SMILES string of the molecule is CC.CCc1ccc(F)c(CNC2=CC(=O)C2)c1.CO. The fourth-order valence-electron chi connectivity index (χ4n) is 1.66. The molecule has 0 fully saturated rings. The first kappa shape index (κ1) is 18.3. The van der Waals surface area contributed by atoms with Crippen molar-refractivity contribution in [2.24, 2.45) is 0 Å². The van der Waals surface area contributed by atoms with Crippen LogP contribution >= 0.6 is 0 Å². The first-order chi connectivity index (χ1) is 9.69. The van der Waals surface area contributed by atoms with Gasteiger partial charge in [0.05, 0.1) is 6.42 Å². The minimum Gasteiger partial charge on any atom is -0.400 e. The number of aryl methyl sites for hydroxylation is 1. The van der Waals surface area contributed by atoms with Crippen LogP contribution in [-0.4, -0.2) is 18.0 Å². The predicted molar refractivity (Wildman–Crippen MR) is 79.8 cm³/mol. The van der Waals surface area contributed by atoms with E-state index in [0.29, 0.717) is 18.5 Å². The normalized spacial score (nSPS) is 12.1. The average molecular weight is 281 g/mol.